The topological polar surface area (TPSA) is 23.8 Å². The van der Waals surface area contributed by atoms with Crippen molar-refractivity contribution in [3.05, 3.63) is 0 Å². The third kappa shape index (κ3) is 4.77. The minimum Gasteiger partial charge on any atom is -0.207 e. The third-order valence-electron chi connectivity index (χ3n) is 0.967. The molecule has 1 nitrogen and oxygen atoms in total. The minimum atomic E-state index is -1.70. The Balaban J connectivity index is 3.76. The van der Waals surface area contributed by atoms with Gasteiger partial charge in [-0.1, -0.05) is 13.1 Å². The van der Waals surface area contributed by atoms with Crippen molar-refractivity contribution in [1.29, 1.82) is 5.26 Å². The lowest BCUT2D eigenvalue weighted by atomic mass is 10.9. The van der Waals surface area contributed by atoms with Gasteiger partial charge in [0.1, 0.15) is 4.84 Å². The van der Waals surface area contributed by atoms with Gasteiger partial charge in [-0.25, -0.2) is 5.26 Å². The van der Waals surface area contributed by atoms with Crippen molar-refractivity contribution in [3.8, 4) is 5.69 Å². The van der Waals surface area contributed by atoms with Gasteiger partial charge in [0.15, 0.2) is 8.07 Å². The highest BCUT2D eigenvalue weighted by Gasteiger charge is 2.23. The van der Waals surface area contributed by atoms with Crippen LogP contribution in [0.5, 0.6) is 0 Å². The predicted octanol–water partition coefficient (Wildman–Crippen LogP) is 2.56. The molecule has 0 saturated carbocycles. The van der Waals surface area contributed by atoms with E-state index < -0.39 is 8.07 Å². The molecule has 0 spiro atoms. The molecule has 0 aliphatic carbocycles. The molecule has 0 N–H and O–H groups in total. The third-order valence-corrected chi connectivity index (χ3v) is 3.83. The molecule has 0 aromatic carbocycles. The van der Waals surface area contributed by atoms with Crippen LogP contribution in [0.4, 0.5) is 0 Å². The summed E-state index contributed by atoms with van der Waals surface area (Å²) in [6, 6.07) is 0.659. The normalized spacial score (nSPS) is 11.6. The van der Waals surface area contributed by atoms with Gasteiger partial charge < -0.3 is 0 Å². The van der Waals surface area contributed by atoms with E-state index in [1.165, 1.54) is 0 Å². The minimum absolute atomic E-state index is 0.369. The molecule has 0 aromatic heterocycles. The summed E-state index contributed by atoms with van der Waals surface area (Å²) in [7, 11) is -1.70. The molecule has 0 bridgehead atoms. The summed E-state index contributed by atoms with van der Waals surface area (Å²) in [6.07, 6.45) is 0. The fraction of sp³-hybridized carbons (Fsp3) is 0.800. The molecule has 0 aromatic rings. The maximum absolute atomic E-state index is 8.54. The van der Waals surface area contributed by atoms with Crippen molar-refractivity contribution < 1.29 is 0 Å². The van der Waals surface area contributed by atoms with Crippen LogP contribution < -0.4 is 0 Å². The number of hydrogen-bond acceptors (Lipinski definition) is 1. The number of alkyl halides is 2. The maximum atomic E-state index is 8.54. The molecule has 9 heavy (non-hydrogen) atoms. The molecule has 0 heterocycles. The highest BCUT2D eigenvalue weighted by Crippen LogP contribution is 2.17. The van der Waals surface area contributed by atoms with Crippen molar-refractivity contribution in [2.24, 2.45) is 0 Å². The van der Waals surface area contributed by atoms with E-state index in [2.05, 4.69) is 5.69 Å². The van der Waals surface area contributed by atoms with E-state index >= 15 is 0 Å². The maximum Gasteiger partial charge on any atom is 0.170 e. The summed E-state index contributed by atoms with van der Waals surface area (Å²) in [5.74, 6) is 0. The highest BCUT2D eigenvalue weighted by molar-refractivity contribution is 6.85. The molecule has 0 fully saturated rings. The lowest BCUT2D eigenvalue weighted by Crippen LogP contribution is -2.25. The molecule has 0 aliphatic rings. The van der Waals surface area contributed by atoms with Gasteiger partial charge in [0.2, 0.25) is 0 Å². The molecule has 4 heteroatoms. The molecule has 0 atom stereocenters. The fourth-order valence-corrected chi connectivity index (χ4v) is 3.61. The lowest BCUT2D eigenvalue weighted by Gasteiger charge is -2.10. The lowest BCUT2D eigenvalue weighted by molar-refractivity contribution is 1.29. The summed E-state index contributed by atoms with van der Waals surface area (Å²) in [4.78, 5) is -0.369. The molecule has 0 unspecified atom stereocenters. The Morgan fingerprint density at radius 1 is 1.56 bits per heavy atom. The summed E-state index contributed by atoms with van der Waals surface area (Å²) in [5, 5.41) is 8.54. The van der Waals surface area contributed by atoms with Gasteiger partial charge in [-0.2, -0.15) is 0 Å². The molecule has 0 radical (unpaired) electrons. The fourth-order valence-electron chi connectivity index (χ4n) is 0.431. The predicted molar refractivity (Wildman–Crippen MR) is 43.4 cm³/mol. The number of rotatable bonds is 2. The van der Waals surface area contributed by atoms with Gasteiger partial charge in [-0.05, 0) is 6.04 Å². The van der Waals surface area contributed by atoms with Gasteiger partial charge >= 0.3 is 0 Å². The van der Waals surface area contributed by atoms with E-state index in [1.54, 1.807) is 0 Å². The van der Waals surface area contributed by atoms with Gasteiger partial charge in [-0.3, -0.25) is 0 Å². The van der Waals surface area contributed by atoms with Crippen molar-refractivity contribution in [2.45, 2.75) is 24.0 Å². The van der Waals surface area contributed by atoms with E-state index in [-0.39, 0.29) is 4.84 Å². The van der Waals surface area contributed by atoms with E-state index in [0.29, 0.717) is 6.04 Å². The van der Waals surface area contributed by atoms with Gasteiger partial charge in [0.05, 0.1) is 0 Å². The molecule has 0 amide bonds. The molecular weight excluding hydrogens is 173 g/mol. The van der Waals surface area contributed by atoms with E-state index in [9.17, 15) is 0 Å². The van der Waals surface area contributed by atoms with Crippen LogP contribution in [0.2, 0.25) is 19.1 Å². The van der Waals surface area contributed by atoms with Crippen molar-refractivity contribution in [2.75, 3.05) is 0 Å². The molecule has 52 valence electrons. The summed E-state index contributed by atoms with van der Waals surface area (Å²) in [6.45, 7) is 3.90. The molecular formula is C5H9Cl2NSi. The first kappa shape index (κ1) is 9.29. The van der Waals surface area contributed by atoms with Crippen molar-refractivity contribution in [1.82, 2.24) is 0 Å². The summed E-state index contributed by atoms with van der Waals surface area (Å²) in [5.41, 5.74) is 2.24. The monoisotopic (exact) mass is 181 g/mol. The van der Waals surface area contributed by atoms with Crippen LogP contribution in [0.15, 0.2) is 0 Å². The number of halogens is 2. The van der Waals surface area contributed by atoms with Crippen LogP contribution in [0.1, 0.15) is 0 Å². The summed E-state index contributed by atoms with van der Waals surface area (Å²) < 4.78 is 0. The second kappa shape index (κ2) is 3.45. The number of nitrogens with zero attached hydrogens (tertiary/aromatic N) is 1. The van der Waals surface area contributed by atoms with Gasteiger partial charge in [0, 0.05) is 5.69 Å². The molecule has 0 saturated heterocycles. The quantitative estimate of drug-likeness (QED) is 0.475. The van der Waals surface area contributed by atoms with Crippen molar-refractivity contribution in [3.63, 3.8) is 0 Å². The Hall–Kier alpha value is 0.287. The zero-order valence-corrected chi connectivity index (χ0v) is 8.00. The average Bonchev–Trinajstić information content (AvgIpc) is 1.63. The van der Waals surface area contributed by atoms with Crippen LogP contribution in [0.25, 0.3) is 0 Å². The first-order chi connectivity index (χ1) is 3.98. The van der Waals surface area contributed by atoms with E-state index in [1.807, 2.05) is 13.1 Å². The Bertz CT molecular complexity index is 127. The second-order valence-electron chi connectivity index (χ2n) is 2.59. The highest BCUT2D eigenvalue weighted by atomic mass is 35.5. The number of hydrogen-bond donors (Lipinski definition) is 0. The van der Waals surface area contributed by atoms with Gasteiger partial charge in [0.25, 0.3) is 0 Å². The van der Waals surface area contributed by atoms with E-state index in [0.717, 1.165) is 0 Å². The van der Waals surface area contributed by atoms with Crippen molar-refractivity contribution >= 4 is 31.3 Å². The smallest absolute Gasteiger partial charge is 0.170 e. The Kier molecular flexibility index (Phi) is 3.56. The summed E-state index contributed by atoms with van der Waals surface area (Å²) >= 11 is 11.0. The first-order valence-corrected chi connectivity index (χ1v) is 6.75. The Morgan fingerprint density at radius 3 is 2.11 bits per heavy atom. The van der Waals surface area contributed by atoms with Crippen LogP contribution in [-0.4, -0.2) is 12.9 Å². The van der Waals surface area contributed by atoms with Crippen LogP contribution in [0.3, 0.4) is 0 Å². The average molecular weight is 182 g/mol. The Labute approximate surface area is 66.6 Å². The molecule has 0 aliphatic heterocycles. The standard InChI is InChI=1S/C5H9Cl2NSi/c1-9(2,4-8)3-5(6)7/h5H,3H2,1-2H3. The zero-order chi connectivity index (χ0) is 7.49. The largest absolute Gasteiger partial charge is 0.207 e. The zero-order valence-electron chi connectivity index (χ0n) is 5.49. The van der Waals surface area contributed by atoms with Crippen LogP contribution >= 0.6 is 23.2 Å². The van der Waals surface area contributed by atoms with Gasteiger partial charge in [-0.15, -0.1) is 23.2 Å². The number of nitriles is 1. The second-order valence-corrected chi connectivity index (χ2v) is 8.27. The molecule has 0 rings (SSSR count). The SMILES string of the molecule is C[Si](C)(C#N)CC(Cl)Cl. The van der Waals surface area contributed by atoms with Crippen LogP contribution in [-0.2, 0) is 0 Å². The Morgan fingerprint density at radius 2 is 2.00 bits per heavy atom. The first-order valence-electron chi connectivity index (χ1n) is 2.67. The van der Waals surface area contributed by atoms with E-state index in [4.69, 9.17) is 28.5 Å². The van der Waals surface area contributed by atoms with Crippen LogP contribution in [0, 0.1) is 11.0 Å².